The number of hydrogen-bond donors (Lipinski definition) is 2. The Morgan fingerprint density at radius 2 is 2.06 bits per heavy atom. The van der Waals surface area contributed by atoms with Crippen LogP contribution in [0.2, 0.25) is 0 Å². The Kier molecular flexibility index (Phi) is 3.57. The van der Waals surface area contributed by atoms with Crippen molar-refractivity contribution in [3.05, 3.63) is 29.8 Å². The molecule has 0 aromatic heterocycles. The van der Waals surface area contributed by atoms with Gasteiger partial charge in [-0.1, -0.05) is 19.1 Å². The summed E-state index contributed by atoms with van der Waals surface area (Å²) < 4.78 is 5.14. The van der Waals surface area contributed by atoms with Gasteiger partial charge in [-0.15, -0.1) is 0 Å². The van der Waals surface area contributed by atoms with E-state index in [-0.39, 0.29) is 17.4 Å². The van der Waals surface area contributed by atoms with Gasteiger partial charge in [0.05, 0.1) is 12.6 Å². The van der Waals surface area contributed by atoms with Crippen LogP contribution in [0.1, 0.15) is 25.3 Å². The number of amides is 1. The Labute approximate surface area is 108 Å². The van der Waals surface area contributed by atoms with Crippen molar-refractivity contribution in [3.63, 3.8) is 0 Å². The minimum atomic E-state index is -0.174. The molecule has 4 nitrogen and oxygen atoms in total. The van der Waals surface area contributed by atoms with Gasteiger partial charge in [0, 0.05) is 12.5 Å². The fraction of sp³-hybridized carbons (Fsp3) is 0.500. The molecular weight excluding hydrogens is 228 g/mol. The molecule has 98 valence electrons. The third-order valence-electron chi connectivity index (χ3n) is 3.56. The molecule has 1 aliphatic rings. The van der Waals surface area contributed by atoms with Crippen LogP contribution in [0.5, 0.6) is 5.75 Å². The zero-order valence-electron chi connectivity index (χ0n) is 10.9. The molecule has 1 atom stereocenters. The van der Waals surface area contributed by atoms with E-state index >= 15 is 0 Å². The Bertz CT molecular complexity index is 424. The number of carbonyl (C=O) groups is 1. The van der Waals surface area contributed by atoms with Gasteiger partial charge in [0.25, 0.3) is 0 Å². The van der Waals surface area contributed by atoms with Crippen LogP contribution in [-0.4, -0.2) is 19.6 Å². The predicted octanol–water partition coefficient (Wildman–Crippen LogP) is 1.40. The van der Waals surface area contributed by atoms with Gasteiger partial charge >= 0.3 is 0 Å². The van der Waals surface area contributed by atoms with Gasteiger partial charge in [0.1, 0.15) is 5.75 Å². The minimum Gasteiger partial charge on any atom is -0.497 e. The van der Waals surface area contributed by atoms with Gasteiger partial charge < -0.3 is 15.8 Å². The second kappa shape index (κ2) is 4.98. The highest BCUT2D eigenvalue weighted by atomic mass is 16.5. The molecule has 1 amide bonds. The van der Waals surface area contributed by atoms with E-state index in [1.165, 1.54) is 0 Å². The summed E-state index contributed by atoms with van der Waals surface area (Å²) in [7, 11) is 1.65. The molecule has 0 bridgehead atoms. The van der Waals surface area contributed by atoms with Crippen molar-refractivity contribution in [1.82, 2.24) is 5.32 Å². The topological polar surface area (TPSA) is 64.3 Å². The quantitative estimate of drug-likeness (QED) is 0.827. The van der Waals surface area contributed by atoms with E-state index in [4.69, 9.17) is 10.5 Å². The summed E-state index contributed by atoms with van der Waals surface area (Å²) in [6, 6.07) is 7.88. The second-order valence-corrected chi connectivity index (χ2v) is 4.94. The van der Waals surface area contributed by atoms with Crippen molar-refractivity contribution >= 4 is 5.91 Å². The lowest BCUT2D eigenvalue weighted by Gasteiger charge is -2.20. The van der Waals surface area contributed by atoms with E-state index in [2.05, 4.69) is 5.32 Å². The average Bonchev–Trinajstić information content (AvgIpc) is 3.18. The van der Waals surface area contributed by atoms with Crippen LogP contribution < -0.4 is 15.8 Å². The Balaban J connectivity index is 2.09. The molecule has 1 fully saturated rings. The average molecular weight is 248 g/mol. The molecule has 2 rings (SSSR count). The first-order chi connectivity index (χ1) is 8.61. The van der Waals surface area contributed by atoms with E-state index in [9.17, 15) is 4.79 Å². The Hall–Kier alpha value is -1.55. The molecule has 1 unspecified atom stereocenters. The maximum Gasteiger partial charge on any atom is 0.224 e. The summed E-state index contributed by atoms with van der Waals surface area (Å²) >= 11 is 0. The first-order valence-corrected chi connectivity index (χ1v) is 6.28. The molecule has 1 aromatic carbocycles. The summed E-state index contributed by atoms with van der Waals surface area (Å²) in [6.07, 6.45) is 1.98. The monoisotopic (exact) mass is 248 g/mol. The maximum atomic E-state index is 11.9. The van der Waals surface area contributed by atoms with Crippen LogP contribution >= 0.6 is 0 Å². The van der Waals surface area contributed by atoms with Crippen molar-refractivity contribution < 1.29 is 9.53 Å². The summed E-state index contributed by atoms with van der Waals surface area (Å²) in [4.78, 5) is 11.9. The largest absolute Gasteiger partial charge is 0.497 e. The van der Waals surface area contributed by atoms with Crippen LogP contribution in [-0.2, 0) is 10.3 Å². The number of rotatable bonds is 5. The van der Waals surface area contributed by atoms with Crippen LogP contribution in [0.15, 0.2) is 24.3 Å². The summed E-state index contributed by atoms with van der Waals surface area (Å²) in [5.41, 5.74) is 6.48. The zero-order chi connectivity index (χ0) is 13.2. The molecule has 0 radical (unpaired) electrons. The molecule has 0 aliphatic heterocycles. The zero-order valence-corrected chi connectivity index (χ0v) is 10.9. The first kappa shape index (κ1) is 12.9. The molecule has 1 saturated carbocycles. The van der Waals surface area contributed by atoms with E-state index in [0.717, 1.165) is 24.2 Å². The highest BCUT2D eigenvalue weighted by molar-refractivity contribution is 5.80. The Morgan fingerprint density at radius 3 is 2.50 bits per heavy atom. The van der Waals surface area contributed by atoms with Crippen LogP contribution in [0.25, 0.3) is 0 Å². The number of ether oxygens (including phenoxy) is 1. The van der Waals surface area contributed by atoms with E-state index in [0.29, 0.717) is 6.54 Å². The van der Waals surface area contributed by atoms with E-state index in [1.54, 1.807) is 7.11 Å². The van der Waals surface area contributed by atoms with Crippen molar-refractivity contribution in [2.75, 3.05) is 13.7 Å². The maximum absolute atomic E-state index is 11.9. The first-order valence-electron chi connectivity index (χ1n) is 6.28. The number of carbonyl (C=O) groups excluding carboxylic acids is 1. The van der Waals surface area contributed by atoms with Gasteiger partial charge in [0.2, 0.25) is 5.91 Å². The Morgan fingerprint density at radius 1 is 1.44 bits per heavy atom. The van der Waals surface area contributed by atoms with Crippen LogP contribution in [0.4, 0.5) is 0 Å². The molecule has 3 N–H and O–H groups in total. The van der Waals surface area contributed by atoms with Crippen LogP contribution in [0, 0.1) is 5.92 Å². The second-order valence-electron chi connectivity index (χ2n) is 4.94. The van der Waals surface area contributed by atoms with Gasteiger partial charge in [0.15, 0.2) is 0 Å². The van der Waals surface area contributed by atoms with Gasteiger partial charge in [-0.05, 0) is 30.5 Å². The smallest absolute Gasteiger partial charge is 0.224 e. The number of nitrogens with two attached hydrogens (primary N) is 1. The van der Waals surface area contributed by atoms with Gasteiger partial charge in [-0.3, -0.25) is 4.79 Å². The molecule has 0 heterocycles. The standard InChI is InChI=1S/C14H20N2O2/c1-10(9-15)13(17)16-14(7-8-14)11-3-5-12(18-2)6-4-11/h3-6,10H,7-9,15H2,1-2H3,(H,16,17). The van der Waals surface area contributed by atoms with Crippen molar-refractivity contribution in [2.24, 2.45) is 11.7 Å². The van der Waals surface area contributed by atoms with Crippen molar-refractivity contribution in [2.45, 2.75) is 25.3 Å². The lowest BCUT2D eigenvalue weighted by Crippen LogP contribution is -2.40. The normalized spacial score (nSPS) is 17.9. The van der Waals surface area contributed by atoms with Crippen molar-refractivity contribution in [3.8, 4) is 5.75 Å². The SMILES string of the molecule is COc1ccc(C2(NC(=O)C(C)CN)CC2)cc1. The summed E-state index contributed by atoms with van der Waals surface area (Å²) in [5.74, 6) is 0.725. The lowest BCUT2D eigenvalue weighted by atomic mass is 10.0. The molecule has 1 aliphatic carbocycles. The third-order valence-corrected chi connectivity index (χ3v) is 3.56. The minimum absolute atomic E-state index is 0.0332. The van der Waals surface area contributed by atoms with Gasteiger partial charge in [-0.2, -0.15) is 0 Å². The fourth-order valence-corrected chi connectivity index (χ4v) is 1.99. The number of nitrogens with one attached hydrogen (secondary N) is 1. The molecule has 1 aromatic rings. The number of hydrogen-bond acceptors (Lipinski definition) is 3. The third kappa shape index (κ3) is 2.48. The lowest BCUT2D eigenvalue weighted by molar-refractivity contribution is -0.125. The molecular formula is C14H20N2O2. The van der Waals surface area contributed by atoms with Crippen molar-refractivity contribution in [1.29, 1.82) is 0 Å². The molecule has 0 spiro atoms. The summed E-state index contributed by atoms with van der Waals surface area (Å²) in [5, 5.41) is 3.11. The number of benzene rings is 1. The molecule has 0 saturated heterocycles. The van der Waals surface area contributed by atoms with E-state index in [1.807, 2.05) is 31.2 Å². The molecule has 18 heavy (non-hydrogen) atoms. The predicted molar refractivity (Wildman–Crippen MR) is 70.3 cm³/mol. The summed E-state index contributed by atoms with van der Waals surface area (Å²) in [6.45, 7) is 2.23. The van der Waals surface area contributed by atoms with Crippen LogP contribution in [0.3, 0.4) is 0 Å². The molecule has 4 heteroatoms. The highest BCUT2D eigenvalue weighted by Crippen LogP contribution is 2.45. The van der Waals surface area contributed by atoms with Gasteiger partial charge in [-0.25, -0.2) is 0 Å². The number of methoxy groups -OCH3 is 1. The fourth-order valence-electron chi connectivity index (χ4n) is 1.99. The highest BCUT2D eigenvalue weighted by Gasteiger charge is 2.45. The van der Waals surface area contributed by atoms with E-state index < -0.39 is 0 Å².